The van der Waals surface area contributed by atoms with Crippen molar-refractivity contribution in [3.8, 4) is 17.4 Å². The molecular weight excluding hydrogens is 392 g/mol. The molecule has 0 fully saturated rings. The third kappa shape index (κ3) is 6.20. The number of benzene rings is 2. The normalized spacial score (nSPS) is 13.4. The number of pyridine rings is 1. The summed E-state index contributed by atoms with van der Waals surface area (Å²) < 4.78 is 16.6. The molecule has 2 heterocycles. The summed E-state index contributed by atoms with van der Waals surface area (Å²) in [6.07, 6.45) is 1.93. The first-order valence-corrected chi connectivity index (χ1v) is 10.5. The molecule has 4 rings (SSSR count). The maximum absolute atomic E-state index is 10.6. The van der Waals surface area contributed by atoms with E-state index in [4.69, 9.17) is 14.2 Å². The van der Waals surface area contributed by atoms with Crippen LogP contribution in [-0.2, 0) is 13.0 Å². The summed E-state index contributed by atoms with van der Waals surface area (Å²) in [5.74, 6) is 2.13. The number of hydrogen-bond acceptors (Lipinski definition) is 6. The number of rotatable bonds is 10. The van der Waals surface area contributed by atoms with Crippen molar-refractivity contribution >= 4 is 0 Å². The van der Waals surface area contributed by atoms with Gasteiger partial charge in [0.15, 0.2) is 11.5 Å². The predicted molar refractivity (Wildman–Crippen MR) is 118 cm³/mol. The van der Waals surface area contributed by atoms with Crippen molar-refractivity contribution in [1.82, 2.24) is 9.88 Å². The van der Waals surface area contributed by atoms with Crippen LogP contribution in [0.1, 0.15) is 16.7 Å². The van der Waals surface area contributed by atoms with Crippen molar-refractivity contribution in [2.75, 3.05) is 26.5 Å². The lowest BCUT2D eigenvalue weighted by molar-refractivity contribution is 0.0643. The van der Waals surface area contributed by atoms with Gasteiger partial charge in [-0.05, 0) is 48.2 Å². The summed E-state index contributed by atoms with van der Waals surface area (Å²) in [7, 11) is 0. The number of aromatic nitrogens is 1. The van der Waals surface area contributed by atoms with Gasteiger partial charge in [-0.2, -0.15) is 0 Å². The second-order valence-electron chi connectivity index (χ2n) is 7.79. The SMILES string of the molecule is Cc1ccnc(OCC(O)CN(CCc2ccc3c(c2)OCO3)Cc2ccccc2)c1. The van der Waals surface area contributed by atoms with Crippen LogP contribution >= 0.6 is 0 Å². The Balaban J connectivity index is 1.36. The lowest BCUT2D eigenvalue weighted by atomic mass is 10.1. The molecule has 1 N–H and O–H groups in total. The van der Waals surface area contributed by atoms with Gasteiger partial charge in [-0.1, -0.05) is 36.4 Å². The van der Waals surface area contributed by atoms with Gasteiger partial charge in [0.2, 0.25) is 12.7 Å². The molecular formula is C25H28N2O4. The molecule has 0 radical (unpaired) electrons. The number of hydrogen-bond donors (Lipinski definition) is 1. The van der Waals surface area contributed by atoms with Gasteiger partial charge in [0.25, 0.3) is 0 Å². The summed E-state index contributed by atoms with van der Waals surface area (Å²) in [6, 6.07) is 20.1. The lowest BCUT2D eigenvalue weighted by Crippen LogP contribution is -2.36. The Morgan fingerprint density at radius 3 is 2.71 bits per heavy atom. The Kier molecular flexibility index (Phi) is 7.02. The van der Waals surface area contributed by atoms with Crippen molar-refractivity contribution in [2.24, 2.45) is 0 Å². The van der Waals surface area contributed by atoms with Gasteiger partial charge in [-0.15, -0.1) is 0 Å². The van der Waals surface area contributed by atoms with E-state index < -0.39 is 6.10 Å². The Bertz CT molecular complexity index is 980. The lowest BCUT2D eigenvalue weighted by Gasteiger charge is -2.25. The van der Waals surface area contributed by atoms with Crippen LogP contribution in [0.25, 0.3) is 0 Å². The van der Waals surface area contributed by atoms with Crippen molar-refractivity contribution in [1.29, 1.82) is 0 Å². The maximum Gasteiger partial charge on any atom is 0.231 e. The highest BCUT2D eigenvalue weighted by molar-refractivity contribution is 5.44. The van der Waals surface area contributed by atoms with Crippen LogP contribution in [-0.4, -0.2) is 47.6 Å². The molecule has 6 nitrogen and oxygen atoms in total. The molecule has 6 heteroatoms. The van der Waals surface area contributed by atoms with Crippen LogP contribution in [0.3, 0.4) is 0 Å². The Morgan fingerprint density at radius 1 is 1.03 bits per heavy atom. The largest absolute Gasteiger partial charge is 0.475 e. The summed E-state index contributed by atoms with van der Waals surface area (Å²) in [5, 5.41) is 10.6. The molecule has 0 spiro atoms. The third-order valence-corrected chi connectivity index (χ3v) is 5.19. The second kappa shape index (κ2) is 10.3. The van der Waals surface area contributed by atoms with E-state index in [0.717, 1.165) is 36.6 Å². The number of ether oxygens (including phenoxy) is 3. The van der Waals surface area contributed by atoms with Crippen LogP contribution in [0.15, 0.2) is 66.9 Å². The second-order valence-corrected chi connectivity index (χ2v) is 7.79. The van der Waals surface area contributed by atoms with Gasteiger partial charge in [-0.25, -0.2) is 4.98 Å². The molecule has 31 heavy (non-hydrogen) atoms. The zero-order valence-electron chi connectivity index (χ0n) is 17.7. The quantitative estimate of drug-likeness (QED) is 0.541. The first-order valence-electron chi connectivity index (χ1n) is 10.5. The van der Waals surface area contributed by atoms with Gasteiger partial charge in [0, 0.05) is 31.9 Å². The number of fused-ring (bicyclic) bond motifs is 1. The first-order chi connectivity index (χ1) is 15.2. The van der Waals surface area contributed by atoms with E-state index in [-0.39, 0.29) is 13.4 Å². The van der Waals surface area contributed by atoms with Crippen LogP contribution in [0.5, 0.6) is 17.4 Å². The summed E-state index contributed by atoms with van der Waals surface area (Å²) in [6.45, 7) is 4.53. The van der Waals surface area contributed by atoms with E-state index >= 15 is 0 Å². The minimum atomic E-state index is -0.622. The molecule has 1 aliphatic heterocycles. The monoisotopic (exact) mass is 420 g/mol. The van der Waals surface area contributed by atoms with Crippen molar-refractivity contribution < 1.29 is 19.3 Å². The average Bonchev–Trinajstić information content (AvgIpc) is 3.25. The zero-order chi connectivity index (χ0) is 21.5. The maximum atomic E-state index is 10.6. The summed E-state index contributed by atoms with van der Waals surface area (Å²) in [4.78, 5) is 6.44. The molecule has 1 aromatic heterocycles. The Labute approximate surface area is 183 Å². The highest BCUT2D eigenvalue weighted by Crippen LogP contribution is 2.32. The molecule has 0 saturated carbocycles. The molecule has 1 atom stereocenters. The van der Waals surface area contributed by atoms with E-state index in [2.05, 4.69) is 28.1 Å². The molecule has 1 unspecified atom stereocenters. The highest BCUT2D eigenvalue weighted by atomic mass is 16.7. The van der Waals surface area contributed by atoms with E-state index in [0.29, 0.717) is 12.4 Å². The molecule has 0 saturated heterocycles. The summed E-state index contributed by atoms with van der Waals surface area (Å²) >= 11 is 0. The standard InChI is InChI=1S/C25H28N2O4/c1-19-9-11-26-25(13-19)29-17-22(28)16-27(15-21-5-3-2-4-6-21)12-10-20-7-8-23-24(14-20)31-18-30-23/h2-9,11,13-14,22,28H,10,12,15-18H2,1H3. The zero-order valence-corrected chi connectivity index (χ0v) is 17.7. The number of aliphatic hydroxyl groups excluding tert-OH is 1. The number of aliphatic hydroxyl groups is 1. The Hall–Kier alpha value is -3.09. The fraction of sp³-hybridized carbons (Fsp3) is 0.320. The minimum absolute atomic E-state index is 0.200. The average molecular weight is 421 g/mol. The van der Waals surface area contributed by atoms with Crippen molar-refractivity contribution in [3.63, 3.8) is 0 Å². The van der Waals surface area contributed by atoms with Crippen molar-refractivity contribution in [3.05, 3.63) is 83.6 Å². The molecule has 2 aromatic carbocycles. The number of aryl methyl sites for hydroxylation is 1. The van der Waals surface area contributed by atoms with Gasteiger partial charge in [0.05, 0.1) is 0 Å². The van der Waals surface area contributed by atoms with E-state index in [1.165, 1.54) is 11.1 Å². The number of nitrogens with zero attached hydrogens (tertiary/aromatic N) is 2. The predicted octanol–water partition coefficient (Wildman–Crippen LogP) is 3.60. The highest BCUT2D eigenvalue weighted by Gasteiger charge is 2.16. The minimum Gasteiger partial charge on any atom is -0.475 e. The van der Waals surface area contributed by atoms with Crippen LogP contribution in [0.2, 0.25) is 0 Å². The summed E-state index contributed by atoms with van der Waals surface area (Å²) in [5.41, 5.74) is 3.47. The first kappa shape index (κ1) is 21.2. The van der Waals surface area contributed by atoms with Crippen molar-refractivity contribution in [2.45, 2.75) is 26.0 Å². The van der Waals surface area contributed by atoms with E-state index in [1.54, 1.807) is 6.20 Å². The van der Waals surface area contributed by atoms with Crippen LogP contribution in [0, 0.1) is 6.92 Å². The van der Waals surface area contributed by atoms with Gasteiger partial charge in [-0.3, -0.25) is 4.90 Å². The van der Waals surface area contributed by atoms with E-state index in [9.17, 15) is 5.11 Å². The molecule has 0 aliphatic carbocycles. The van der Waals surface area contributed by atoms with Gasteiger partial charge >= 0.3 is 0 Å². The molecule has 1 aliphatic rings. The molecule has 0 bridgehead atoms. The topological polar surface area (TPSA) is 64.1 Å². The fourth-order valence-corrected chi connectivity index (χ4v) is 3.58. The molecule has 162 valence electrons. The fourth-order valence-electron chi connectivity index (χ4n) is 3.58. The van der Waals surface area contributed by atoms with Crippen LogP contribution < -0.4 is 14.2 Å². The van der Waals surface area contributed by atoms with E-state index in [1.807, 2.05) is 49.4 Å². The van der Waals surface area contributed by atoms with Gasteiger partial charge < -0.3 is 19.3 Å². The smallest absolute Gasteiger partial charge is 0.231 e. The molecule has 3 aromatic rings. The third-order valence-electron chi connectivity index (χ3n) is 5.19. The van der Waals surface area contributed by atoms with Crippen LogP contribution in [0.4, 0.5) is 0 Å². The van der Waals surface area contributed by atoms with Gasteiger partial charge in [0.1, 0.15) is 12.7 Å². The molecule has 0 amide bonds. The Morgan fingerprint density at radius 2 is 1.87 bits per heavy atom.